The lowest BCUT2D eigenvalue weighted by Crippen LogP contribution is -2.57. The highest BCUT2D eigenvalue weighted by molar-refractivity contribution is 6.09. The van der Waals surface area contributed by atoms with Gasteiger partial charge in [0.15, 0.2) is 0 Å². The molecule has 2 saturated heterocycles. The van der Waals surface area contributed by atoms with Crippen molar-refractivity contribution in [3.63, 3.8) is 0 Å². The minimum absolute atomic E-state index is 0.0117. The van der Waals surface area contributed by atoms with Crippen LogP contribution in [0.3, 0.4) is 0 Å². The largest absolute Gasteiger partial charge is 0.361 e. The third-order valence-electron chi connectivity index (χ3n) is 7.45. The Morgan fingerprint density at radius 3 is 2.60 bits per heavy atom. The molecule has 3 aliphatic heterocycles. The van der Waals surface area contributed by atoms with Crippen LogP contribution in [-0.4, -0.2) is 66.5 Å². The summed E-state index contributed by atoms with van der Waals surface area (Å²) < 4.78 is 5.19. The highest BCUT2D eigenvalue weighted by atomic mass is 16.5. The Kier molecular flexibility index (Phi) is 6.49. The summed E-state index contributed by atoms with van der Waals surface area (Å²) in [4.78, 5) is 45.1. The first-order valence-corrected chi connectivity index (χ1v) is 12.6. The number of amides is 3. The summed E-state index contributed by atoms with van der Waals surface area (Å²) in [6, 6.07) is 5.36. The molecule has 2 fully saturated rings. The molecule has 1 aromatic heterocycles. The van der Waals surface area contributed by atoms with Gasteiger partial charge in [-0.05, 0) is 70.6 Å². The lowest BCUT2D eigenvalue weighted by molar-refractivity contribution is -0.124. The maximum atomic E-state index is 13.5. The SMILES string of the molecule is Cc1noc(C)c1CCNC(=O)CN1C(=O)C2CCCCN2c2ccc(C(=O)N3CCCC3)cc21. The Morgan fingerprint density at radius 1 is 1.09 bits per heavy atom. The van der Waals surface area contributed by atoms with Crippen molar-refractivity contribution >= 4 is 29.1 Å². The number of nitrogens with zero attached hydrogens (tertiary/aromatic N) is 4. The summed E-state index contributed by atoms with van der Waals surface area (Å²) in [5.41, 5.74) is 3.96. The second kappa shape index (κ2) is 9.71. The molecule has 9 nitrogen and oxygen atoms in total. The fourth-order valence-corrected chi connectivity index (χ4v) is 5.54. The summed E-state index contributed by atoms with van der Waals surface area (Å²) in [6.07, 6.45) is 5.44. The van der Waals surface area contributed by atoms with Crippen LogP contribution < -0.4 is 15.1 Å². The summed E-state index contributed by atoms with van der Waals surface area (Å²) in [5.74, 6) is 0.451. The topological polar surface area (TPSA) is 99.0 Å². The van der Waals surface area contributed by atoms with Crippen LogP contribution in [0, 0.1) is 13.8 Å². The summed E-state index contributed by atoms with van der Waals surface area (Å²) in [6.45, 7) is 6.44. The van der Waals surface area contributed by atoms with Crippen molar-refractivity contribution in [2.75, 3.05) is 42.5 Å². The molecule has 1 atom stereocenters. The molecule has 1 unspecified atom stereocenters. The highest BCUT2D eigenvalue weighted by Gasteiger charge is 2.40. The molecule has 1 N–H and O–H groups in total. The molecule has 3 aliphatic rings. The van der Waals surface area contributed by atoms with Crippen LogP contribution in [0.5, 0.6) is 0 Å². The van der Waals surface area contributed by atoms with Crippen LogP contribution >= 0.6 is 0 Å². The van der Waals surface area contributed by atoms with Crippen LogP contribution in [-0.2, 0) is 16.0 Å². The molecule has 186 valence electrons. The van der Waals surface area contributed by atoms with Gasteiger partial charge in [-0.1, -0.05) is 5.16 Å². The van der Waals surface area contributed by atoms with Gasteiger partial charge in [-0.2, -0.15) is 0 Å². The van der Waals surface area contributed by atoms with Gasteiger partial charge in [-0.25, -0.2) is 0 Å². The van der Waals surface area contributed by atoms with Crippen molar-refractivity contribution < 1.29 is 18.9 Å². The molecular formula is C26H33N5O4. The summed E-state index contributed by atoms with van der Waals surface area (Å²) in [7, 11) is 0. The Labute approximate surface area is 205 Å². The molecule has 9 heteroatoms. The van der Waals surface area contributed by atoms with E-state index in [9.17, 15) is 14.4 Å². The maximum Gasteiger partial charge on any atom is 0.253 e. The molecule has 3 amide bonds. The molecule has 0 saturated carbocycles. The van der Waals surface area contributed by atoms with Gasteiger partial charge in [0.2, 0.25) is 11.8 Å². The predicted molar refractivity (Wildman–Crippen MR) is 132 cm³/mol. The van der Waals surface area contributed by atoms with Gasteiger partial charge < -0.3 is 19.6 Å². The fraction of sp³-hybridized carbons (Fsp3) is 0.538. The van der Waals surface area contributed by atoms with Crippen LogP contribution in [0.2, 0.25) is 0 Å². The fourth-order valence-electron chi connectivity index (χ4n) is 5.54. The number of rotatable bonds is 6. The van der Waals surface area contributed by atoms with Gasteiger partial charge in [-0.15, -0.1) is 0 Å². The maximum absolute atomic E-state index is 13.5. The van der Waals surface area contributed by atoms with Crippen LogP contribution in [0.1, 0.15) is 59.5 Å². The van der Waals surface area contributed by atoms with Crippen molar-refractivity contribution in [2.45, 2.75) is 58.4 Å². The highest BCUT2D eigenvalue weighted by Crippen LogP contribution is 2.40. The standard InChI is InChI=1S/C26H33N5O4/c1-17-20(18(2)35-28-17)10-11-27-24(32)16-31-23-15-19(25(33)29-12-5-6-13-29)8-9-21(23)30-14-4-3-7-22(30)26(31)34/h8-9,15,22H,3-7,10-14,16H2,1-2H3,(H,27,32). The van der Waals surface area contributed by atoms with Crippen molar-refractivity contribution in [1.82, 2.24) is 15.4 Å². The number of benzene rings is 1. The number of aromatic nitrogens is 1. The lowest BCUT2D eigenvalue weighted by atomic mass is 9.95. The Balaban J connectivity index is 1.36. The average Bonchev–Trinajstić information content (AvgIpc) is 3.52. The van der Waals surface area contributed by atoms with Crippen LogP contribution in [0.25, 0.3) is 0 Å². The third-order valence-corrected chi connectivity index (χ3v) is 7.45. The van der Waals surface area contributed by atoms with Crippen molar-refractivity contribution in [3.05, 3.63) is 40.8 Å². The van der Waals surface area contributed by atoms with E-state index in [-0.39, 0.29) is 30.3 Å². The molecule has 0 radical (unpaired) electrons. The van der Waals surface area contributed by atoms with Gasteiger partial charge in [0.25, 0.3) is 5.91 Å². The van der Waals surface area contributed by atoms with Crippen LogP contribution in [0.15, 0.2) is 22.7 Å². The van der Waals surface area contributed by atoms with Gasteiger partial charge in [-0.3, -0.25) is 19.3 Å². The molecule has 4 heterocycles. The molecule has 35 heavy (non-hydrogen) atoms. The van der Waals surface area contributed by atoms with E-state index in [1.54, 1.807) is 11.0 Å². The first kappa shape index (κ1) is 23.4. The molecule has 1 aromatic carbocycles. The number of likely N-dealkylation sites (tertiary alicyclic amines) is 1. The van der Waals surface area contributed by atoms with Crippen molar-refractivity contribution in [1.29, 1.82) is 0 Å². The third kappa shape index (κ3) is 4.51. The van der Waals surface area contributed by atoms with E-state index in [2.05, 4.69) is 15.4 Å². The lowest BCUT2D eigenvalue weighted by Gasteiger charge is -2.45. The number of anilines is 2. The van der Waals surface area contributed by atoms with Crippen molar-refractivity contribution in [3.8, 4) is 0 Å². The number of aryl methyl sites for hydroxylation is 2. The molecular weight excluding hydrogens is 446 g/mol. The summed E-state index contributed by atoms with van der Waals surface area (Å²) >= 11 is 0. The second-order valence-electron chi connectivity index (χ2n) is 9.73. The van der Waals surface area contributed by atoms with Gasteiger partial charge >= 0.3 is 0 Å². The number of hydrogen-bond acceptors (Lipinski definition) is 6. The zero-order valence-electron chi connectivity index (χ0n) is 20.5. The van der Waals surface area contributed by atoms with Gasteiger partial charge in [0.1, 0.15) is 18.3 Å². The van der Waals surface area contributed by atoms with Gasteiger partial charge in [0.05, 0.1) is 17.1 Å². The van der Waals surface area contributed by atoms with E-state index in [0.717, 1.165) is 74.4 Å². The van der Waals surface area contributed by atoms with Crippen molar-refractivity contribution in [2.24, 2.45) is 0 Å². The Morgan fingerprint density at radius 2 is 1.86 bits per heavy atom. The van der Waals surface area contributed by atoms with E-state index in [0.29, 0.717) is 24.2 Å². The first-order chi connectivity index (χ1) is 16.9. The minimum Gasteiger partial charge on any atom is -0.361 e. The number of nitrogens with one attached hydrogen (secondary N) is 1. The number of hydrogen-bond donors (Lipinski definition) is 1. The van der Waals surface area contributed by atoms with E-state index in [1.807, 2.05) is 30.9 Å². The van der Waals surface area contributed by atoms with E-state index < -0.39 is 0 Å². The number of carbonyl (C=O) groups excluding carboxylic acids is 3. The number of fused-ring (bicyclic) bond motifs is 3. The zero-order valence-corrected chi connectivity index (χ0v) is 20.5. The smallest absolute Gasteiger partial charge is 0.253 e. The van der Waals surface area contributed by atoms with Gasteiger partial charge in [0, 0.05) is 37.3 Å². The van der Waals surface area contributed by atoms with E-state index in [4.69, 9.17) is 4.52 Å². The quantitative estimate of drug-likeness (QED) is 0.684. The Bertz CT molecular complexity index is 1120. The molecule has 5 rings (SSSR count). The average molecular weight is 480 g/mol. The van der Waals surface area contributed by atoms with E-state index >= 15 is 0 Å². The Hall–Kier alpha value is -3.36. The zero-order chi connectivity index (χ0) is 24.5. The second-order valence-corrected chi connectivity index (χ2v) is 9.73. The number of piperidine rings is 1. The minimum atomic E-state index is -0.258. The summed E-state index contributed by atoms with van der Waals surface area (Å²) in [5, 5.41) is 6.89. The monoisotopic (exact) mass is 479 g/mol. The molecule has 0 aliphatic carbocycles. The normalized spacial score (nSPS) is 19.5. The first-order valence-electron chi connectivity index (χ1n) is 12.6. The molecule has 0 spiro atoms. The van der Waals surface area contributed by atoms with Crippen LogP contribution in [0.4, 0.5) is 11.4 Å². The predicted octanol–water partition coefficient (Wildman–Crippen LogP) is 2.59. The number of carbonyl (C=O) groups is 3. The van der Waals surface area contributed by atoms with E-state index in [1.165, 1.54) is 0 Å². The molecule has 0 bridgehead atoms. The molecule has 2 aromatic rings.